The van der Waals surface area contributed by atoms with Gasteiger partial charge in [0.1, 0.15) is 0 Å². The molecule has 2 saturated carbocycles. The van der Waals surface area contributed by atoms with Crippen molar-refractivity contribution in [1.82, 2.24) is 25.1 Å². The Hall–Kier alpha value is -2.08. The summed E-state index contributed by atoms with van der Waals surface area (Å²) >= 11 is 0. The summed E-state index contributed by atoms with van der Waals surface area (Å²) in [5.74, 6) is 0.581. The first-order valence-corrected chi connectivity index (χ1v) is 9.32. The van der Waals surface area contributed by atoms with Crippen LogP contribution in [0.2, 0.25) is 0 Å². The van der Waals surface area contributed by atoms with Gasteiger partial charge in [-0.2, -0.15) is 5.10 Å². The predicted octanol–water partition coefficient (Wildman–Crippen LogP) is 2.75. The van der Waals surface area contributed by atoms with Crippen LogP contribution < -0.4 is 10.9 Å². The van der Waals surface area contributed by atoms with E-state index in [0.29, 0.717) is 12.0 Å². The van der Waals surface area contributed by atoms with Gasteiger partial charge in [0.2, 0.25) is 0 Å². The maximum absolute atomic E-state index is 12.2. The van der Waals surface area contributed by atoms with Crippen molar-refractivity contribution >= 4 is 0 Å². The number of rotatable bonds is 5. The van der Waals surface area contributed by atoms with Gasteiger partial charge < -0.3 is 5.32 Å². The highest BCUT2D eigenvalue weighted by molar-refractivity contribution is 5.13. The molecule has 2 aromatic heterocycles. The highest BCUT2D eigenvalue weighted by atomic mass is 16.1. The molecule has 6 heteroatoms. The van der Waals surface area contributed by atoms with Crippen LogP contribution in [-0.4, -0.2) is 25.8 Å². The molecule has 2 heterocycles. The summed E-state index contributed by atoms with van der Waals surface area (Å²) in [6.07, 6.45) is 11.8. The molecule has 1 atom stereocenters. The minimum atomic E-state index is 0.0359. The van der Waals surface area contributed by atoms with Crippen LogP contribution in [0.15, 0.2) is 35.5 Å². The Balaban J connectivity index is 1.37. The van der Waals surface area contributed by atoms with E-state index in [1.807, 2.05) is 12.3 Å². The topological polar surface area (TPSA) is 72.7 Å². The third-order valence-corrected chi connectivity index (χ3v) is 5.40. The zero-order valence-corrected chi connectivity index (χ0v) is 14.6. The Morgan fingerprint density at radius 2 is 1.92 bits per heavy atom. The zero-order valence-electron chi connectivity index (χ0n) is 14.6. The van der Waals surface area contributed by atoms with E-state index in [-0.39, 0.29) is 17.6 Å². The largest absolute Gasteiger partial charge is 0.306 e. The van der Waals surface area contributed by atoms with Gasteiger partial charge in [0, 0.05) is 42.7 Å². The van der Waals surface area contributed by atoms with E-state index in [1.165, 1.54) is 12.8 Å². The molecule has 0 aromatic carbocycles. The van der Waals surface area contributed by atoms with Crippen molar-refractivity contribution in [2.75, 3.05) is 0 Å². The molecule has 0 amide bonds. The monoisotopic (exact) mass is 339 g/mol. The fourth-order valence-electron chi connectivity index (χ4n) is 3.76. The summed E-state index contributed by atoms with van der Waals surface area (Å²) < 4.78 is 1.75. The molecule has 0 radical (unpaired) electrons. The Bertz CT molecular complexity index is 763. The quantitative estimate of drug-likeness (QED) is 0.907. The fourth-order valence-corrected chi connectivity index (χ4v) is 3.76. The molecule has 6 nitrogen and oxygen atoms in total. The lowest BCUT2D eigenvalue weighted by Crippen LogP contribution is -2.38. The molecule has 132 valence electrons. The predicted molar refractivity (Wildman–Crippen MR) is 95.3 cm³/mol. The van der Waals surface area contributed by atoms with Gasteiger partial charge in [-0.05, 0) is 51.5 Å². The Labute approximate surface area is 147 Å². The van der Waals surface area contributed by atoms with E-state index in [1.54, 1.807) is 23.1 Å². The summed E-state index contributed by atoms with van der Waals surface area (Å²) in [5.41, 5.74) is 2.10. The minimum absolute atomic E-state index is 0.0359. The third kappa shape index (κ3) is 3.79. The lowest BCUT2D eigenvalue weighted by atomic mass is 9.90. The van der Waals surface area contributed by atoms with Gasteiger partial charge in [0.05, 0.1) is 17.4 Å². The molecule has 1 N–H and O–H groups in total. The maximum Gasteiger partial charge on any atom is 0.267 e. The van der Waals surface area contributed by atoms with E-state index < -0.39 is 0 Å². The Morgan fingerprint density at radius 3 is 2.60 bits per heavy atom. The number of hydrogen-bond donors (Lipinski definition) is 1. The van der Waals surface area contributed by atoms with Crippen molar-refractivity contribution in [2.24, 2.45) is 0 Å². The lowest BCUT2D eigenvalue weighted by molar-refractivity contribution is 0.257. The third-order valence-electron chi connectivity index (χ3n) is 5.40. The highest BCUT2D eigenvalue weighted by Crippen LogP contribution is 2.38. The van der Waals surface area contributed by atoms with Crippen molar-refractivity contribution in [3.63, 3.8) is 0 Å². The maximum atomic E-state index is 12.2. The molecule has 2 fully saturated rings. The van der Waals surface area contributed by atoms with Crippen molar-refractivity contribution in [3.8, 4) is 0 Å². The van der Waals surface area contributed by atoms with Crippen LogP contribution in [0.25, 0.3) is 0 Å². The van der Waals surface area contributed by atoms with Crippen LogP contribution in [0.4, 0.5) is 0 Å². The van der Waals surface area contributed by atoms with E-state index in [9.17, 15) is 4.79 Å². The van der Waals surface area contributed by atoms with Crippen LogP contribution in [0.3, 0.4) is 0 Å². The van der Waals surface area contributed by atoms with Crippen LogP contribution in [0.1, 0.15) is 74.8 Å². The van der Waals surface area contributed by atoms with Crippen molar-refractivity contribution in [2.45, 2.75) is 69.5 Å². The van der Waals surface area contributed by atoms with Crippen LogP contribution in [0.5, 0.6) is 0 Å². The summed E-state index contributed by atoms with van der Waals surface area (Å²) in [4.78, 5) is 20.7. The number of hydrogen-bond acceptors (Lipinski definition) is 5. The van der Waals surface area contributed by atoms with Crippen molar-refractivity contribution in [1.29, 1.82) is 0 Å². The fraction of sp³-hybridized carbons (Fsp3) is 0.579. The number of aromatic nitrogens is 4. The molecule has 2 aliphatic carbocycles. The number of nitrogens with one attached hydrogen (secondary N) is 1. The second-order valence-electron chi connectivity index (χ2n) is 7.34. The first-order valence-electron chi connectivity index (χ1n) is 9.32. The molecule has 1 unspecified atom stereocenters. The van der Waals surface area contributed by atoms with Crippen molar-refractivity contribution in [3.05, 3.63) is 52.5 Å². The lowest BCUT2D eigenvalue weighted by Gasteiger charge is -2.31. The minimum Gasteiger partial charge on any atom is -0.306 e. The summed E-state index contributed by atoms with van der Waals surface area (Å²) in [6.45, 7) is 2.13. The average molecular weight is 339 g/mol. The molecule has 0 bridgehead atoms. The summed E-state index contributed by atoms with van der Waals surface area (Å²) in [5, 5.41) is 8.31. The standard InChI is InChI=1S/C19H25N5O/c1-13(18-12-20-10-11-21-18)22-15-4-6-16(7-5-15)24-19(25)9-8-17(23-24)14-2-3-14/h8-16,22H,2-7H2,1H3. The summed E-state index contributed by atoms with van der Waals surface area (Å²) in [6, 6.07) is 4.48. The van der Waals surface area contributed by atoms with Crippen molar-refractivity contribution < 1.29 is 0 Å². The van der Waals surface area contributed by atoms with E-state index in [4.69, 9.17) is 0 Å². The van der Waals surface area contributed by atoms with Crippen LogP contribution in [-0.2, 0) is 0 Å². The Kier molecular flexibility index (Phi) is 4.61. The van der Waals surface area contributed by atoms with E-state index in [0.717, 1.165) is 37.1 Å². The summed E-state index contributed by atoms with van der Waals surface area (Å²) in [7, 11) is 0. The van der Waals surface area contributed by atoms with Gasteiger partial charge >= 0.3 is 0 Å². The van der Waals surface area contributed by atoms with Gasteiger partial charge in [-0.1, -0.05) is 0 Å². The van der Waals surface area contributed by atoms with E-state index in [2.05, 4.69) is 27.3 Å². The smallest absolute Gasteiger partial charge is 0.267 e. The highest BCUT2D eigenvalue weighted by Gasteiger charge is 2.28. The molecule has 0 spiro atoms. The van der Waals surface area contributed by atoms with Crippen LogP contribution in [0, 0.1) is 0 Å². The molecule has 0 aliphatic heterocycles. The number of nitrogens with zero attached hydrogens (tertiary/aromatic N) is 4. The molecule has 2 aliphatic rings. The first kappa shape index (κ1) is 16.4. The molecular formula is C19H25N5O. The zero-order chi connectivity index (χ0) is 17.2. The second kappa shape index (κ2) is 7.04. The van der Waals surface area contributed by atoms with Gasteiger partial charge in [0.15, 0.2) is 0 Å². The second-order valence-corrected chi connectivity index (χ2v) is 7.34. The molecule has 0 saturated heterocycles. The Morgan fingerprint density at radius 1 is 1.12 bits per heavy atom. The van der Waals surface area contributed by atoms with Crippen LogP contribution >= 0.6 is 0 Å². The molecular weight excluding hydrogens is 314 g/mol. The van der Waals surface area contributed by atoms with Gasteiger partial charge in [-0.15, -0.1) is 0 Å². The van der Waals surface area contributed by atoms with Gasteiger partial charge in [-0.3, -0.25) is 14.8 Å². The first-order chi connectivity index (χ1) is 12.2. The molecule has 25 heavy (non-hydrogen) atoms. The van der Waals surface area contributed by atoms with E-state index >= 15 is 0 Å². The van der Waals surface area contributed by atoms with Gasteiger partial charge in [-0.25, -0.2) is 4.68 Å². The normalized spacial score (nSPS) is 24.8. The van der Waals surface area contributed by atoms with Gasteiger partial charge in [0.25, 0.3) is 5.56 Å². The SMILES string of the molecule is CC(NC1CCC(n2nc(C3CC3)ccc2=O)CC1)c1cnccn1. The molecule has 4 rings (SSSR count). The average Bonchev–Trinajstić information content (AvgIpc) is 3.49. The molecule has 2 aromatic rings.